The van der Waals surface area contributed by atoms with Crippen molar-refractivity contribution in [3.8, 4) is 28.7 Å². The van der Waals surface area contributed by atoms with Gasteiger partial charge in [0.2, 0.25) is 0 Å². The van der Waals surface area contributed by atoms with E-state index in [9.17, 15) is 14.9 Å². The molecule has 12 heteroatoms. The summed E-state index contributed by atoms with van der Waals surface area (Å²) in [6.45, 7) is 7.68. The average molecular weight is 789 g/mol. The zero-order chi connectivity index (χ0) is 37.9. The van der Waals surface area contributed by atoms with Crippen molar-refractivity contribution in [2.75, 3.05) is 46.9 Å². The maximum atomic E-state index is 13.6. The number of hydrogen-bond donors (Lipinski definition) is 0. The minimum absolute atomic E-state index is 0.0757. The zero-order valence-corrected chi connectivity index (χ0v) is 32.5. The van der Waals surface area contributed by atoms with E-state index in [4.69, 9.17) is 9.47 Å². The Bertz CT molecular complexity index is 2330. The largest absolute Gasteiger partial charge is 0.496 e. The van der Waals surface area contributed by atoms with Crippen LogP contribution >= 0.6 is 15.9 Å². The molecule has 0 bridgehead atoms. The van der Waals surface area contributed by atoms with Crippen LogP contribution in [0.2, 0.25) is 0 Å². The number of hydrogen-bond acceptors (Lipinski definition) is 9. The third kappa shape index (κ3) is 7.40. The van der Waals surface area contributed by atoms with Crippen LogP contribution in [0, 0.1) is 11.3 Å². The third-order valence-corrected chi connectivity index (χ3v) is 11.1. The number of aromatic nitrogens is 3. The van der Waals surface area contributed by atoms with E-state index < -0.39 is 0 Å². The third-order valence-electron chi connectivity index (χ3n) is 10.6. The van der Waals surface area contributed by atoms with Crippen LogP contribution < -0.4 is 15.0 Å². The second kappa shape index (κ2) is 15.9. The van der Waals surface area contributed by atoms with Crippen LogP contribution in [0.1, 0.15) is 40.9 Å². The Morgan fingerprint density at radius 1 is 0.981 bits per heavy atom. The molecular formula is C42H42BrN7O4. The summed E-state index contributed by atoms with van der Waals surface area (Å²) in [5.41, 5.74) is 7.05. The molecule has 5 aromatic rings. The molecule has 2 aliphatic rings. The van der Waals surface area contributed by atoms with Gasteiger partial charge in [-0.1, -0.05) is 24.3 Å². The summed E-state index contributed by atoms with van der Waals surface area (Å²) < 4.78 is 14.1. The molecule has 1 saturated heterocycles. The number of piperazine rings is 1. The Kier molecular flexibility index (Phi) is 10.9. The molecule has 0 N–H and O–H groups in total. The highest BCUT2D eigenvalue weighted by Crippen LogP contribution is 2.38. The summed E-state index contributed by atoms with van der Waals surface area (Å²) in [5, 5.41) is 11.3. The number of amides is 1. The summed E-state index contributed by atoms with van der Waals surface area (Å²) in [6, 6.07) is 19.7. The predicted octanol–water partition coefficient (Wildman–Crippen LogP) is 6.15. The molecule has 1 atom stereocenters. The van der Waals surface area contributed by atoms with Crippen LogP contribution in [-0.4, -0.2) is 82.1 Å². The lowest BCUT2D eigenvalue weighted by molar-refractivity contribution is -0.129. The van der Waals surface area contributed by atoms with Gasteiger partial charge in [0.15, 0.2) is 0 Å². The number of fused-ring (bicyclic) bond motifs is 2. The number of carbonyl (C=O) groups excluding carboxylic acids is 1. The highest BCUT2D eigenvalue weighted by molar-refractivity contribution is 9.10. The molecule has 3 aromatic heterocycles. The number of aryl methyl sites for hydroxylation is 1. The molecule has 2 aliphatic heterocycles. The number of ether oxygens (including phenoxy) is 2. The maximum Gasteiger partial charge on any atom is 0.265 e. The molecule has 0 radical (unpaired) electrons. The molecule has 0 spiro atoms. The first-order valence-corrected chi connectivity index (χ1v) is 18.8. The Hall–Kier alpha value is -5.35. The fourth-order valence-electron chi connectivity index (χ4n) is 7.73. The lowest BCUT2D eigenvalue weighted by Gasteiger charge is -2.38. The van der Waals surface area contributed by atoms with Crippen LogP contribution in [-0.2, 0) is 31.4 Å². The molecule has 0 aliphatic carbocycles. The Labute approximate surface area is 323 Å². The summed E-state index contributed by atoms with van der Waals surface area (Å²) in [6.07, 6.45) is 7.46. The van der Waals surface area contributed by atoms with Gasteiger partial charge in [0.25, 0.3) is 11.5 Å². The Balaban J connectivity index is 1.03. The number of nitriles is 1. The molecule has 276 valence electrons. The number of carbonyl (C=O) groups is 1. The smallest absolute Gasteiger partial charge is 0.265 e. The molecule has 7 rings (SSSR count). The molecule has 5 heterocycles. The van der Waals surface area contributed by atoms with Crippen LogP contribution in [0.15, 0.2) is 88.2 Å². The van der Waals surface area contributed by atoms with Crippen molar-refractivity contribution >= 4 is 38.7 Å². The standard InChI is InChI=1S/C42H42BrN7O4/c1-27-32-9-5-7-28(33(32)12-14-50(27)41(51)30(22-44)19-31-8-6-10-40(43)46-31)24-48-15-17-49(18-16-48)26-37-38(53-3)20-29(21-39(37)54-4)36-25-47(2)42(52)35-23-45-13-11-34(35)36/h5-11,13,19-21,23,25,27H,12,14-18,24,26H2,1-4H3/b30-19+. The van der Waals surface area contributed by atoms with Crippen molar-refractivity contribution in [1.82, 2.24) is 29.2 Å². The molecule has 1 amide bonds. The second-order valence-corrected chi connectivity index (χ2v) is 14.6. The lowest BCUT2D eigenvalue weighted by Crippen LogP contribution is -2.45. The lowest BCUT2D eigenvalue weighted by atomic mass is 9.89. The van der Waals surface area contributed by atoms with Gasteiger partial charge in [0, 0.05) is 77.0 Å². The van der Waals surface area contributed by atoms with Crippen molar-refractivity contribution in [2.24, 2.45) is 7.05 Å². The SMILES string of the molecule is COc1cc(-c2cn(C)c(=O)c3cnccc23)cc(OC)c1CN1CCN(Cc2cccc3c2CCN(C(=O)/C(C#N)=C/c2cccc(Br)n2)C3C)CC1. The summed E-state index contributed by atoms with van der Waals surface area (Å²) in [5.74, 6) is 1.20. The first kappa shape index (κ1) is 37.0. The quantitative estimate of drug-likeness (QED) is 0.0987. The van der Waals surface area contributed by atoms with E-state index in [2.05, 4.69) is 60.0 Å². The number of nitrogens with zero attached hydrogens (tertiary/aromatic N) is 7. The van der Waals surface area contributed by atoms with Gasteiger partial charge in [-0.2, -0.15) is 5.26 Å². The Morgan fingerprint density at radius 3 is 2.37 bits per heavy atom. The van der Waals surface area contributed by atoms with Crippen LogP contribution in [0.25, 0.3) is 28.0 Å². The van der Waals surface area contributed by atoms with E-state index in [-0.39, 0.29) is 23.1 Å². The van der Waals surface area contributed by atoms with E-state index >= 15 is 0 Å². The summed E-state index contributed by atoms with van der Waals surface area (Å²) in [7, 11) is 5.11. The van der Waals surface area contributed by atoms with E-state index in [1.165, 1.54) is 11.1 Å². The Morgan fingerprint density at radius 2 is 1.69 bits per heavy atom. The molecule has 11 nitrogen and oxygen atoms in total. The number of rotatable bonds is 9. The molecule has 0 saturated carbocycles. The predicted molar refractivity (Wildman–Crippen MR) is 212 cm³/mol. The molecule has 54 heavy (non-hydrogen) atoms. The van der Waals surface area contributed by atoms with E-state index in [1.54, 1.807) is 61.3 Å². The first-order valence-electron chi connectivity index (χ1n) is 18.0. The summed E-state index contributed by atoms with van der Waals surface area (Å²) in [4.78, 5) is 41.7. The number of benzene rings is 2. The minimum atomic E-state index is -0.278. The van der Waals surface area contributed by atoms with E-state index in [0.717, 1.165) is 78.3 Å². The maximum absolute atomic E-state index is 13.6. The first-order chi connectivity index (χ1) is 26.2. The van der Waals surface area contributed by atoms with E-state index in [0.29, 0.717) is 28.8 Å². The van der Waals surface area contributed by atoms with Crippen molar-refractivity contribution < 1.29 is 14.3 Å². The van der Waals surface area contributed by atoms with Gasteiger partial charge in [-0.15, -0.1) is 0 Å². The van der Waals surface area contributed by atoms with Gasteiger partial charge in [0.1, 0.15) is 27.7 Å². The van der Waals surface area contributed by atoms with Crippen molar-refractivity contribution in [3.05, 3.63) is 122 Å². The van der Waals surface area contributed by atoms with Crippen LogP contribution in [0.4, 0.5) is 0 Å². The average Bonchev–Trinajstić information content (AvgIpc) is 3.19. The van der Waals surface area contributed by atoms with Crippen molar-refractivity contribution in [3.63, 3.8) is 0 Å². The number of methoxy groups -OCH3 is 2. The van der Waals surface area contributed by atoms with Gasteiger partial charge >= 0.3 is 0 Å². The minimum Gasteiger partial charge on any atom is -0.496 e. The van der Waals surface area contributed by atoms with Gasteiger partial charge in [-0.05, 0) is 93.3 Å². The molecule has 1 fully saturated rings. The van der Waals surface area contributed by atoms with Crippen molar-refractivity contribution in [2.45, 2.75) is 32.5 Å². The number of halogens is 1. The normalized spacial score (nSPS) is 16.6. The number of pyridine rings is 3. The molecular weight excluding hydrogens is 746 g/mol. The van der Waals surface area contributed by atoms with Gasteiger partial charge in [-0.3, -0.25) is 24.4 Å². The van der Waals surface area contributed by atoms with Crippen molar-refractivity contribution in [1.29, 1.82) is 5.26 Å². The van der Waals surface area contributed by atoms with E-state index in [1.807, 2.05) is 37.4 Å². The van der Waals surface area contributed by atoms with Gasteiger partial charge in [0.05, 0.1) is 36.9 Å². The highest BCUT2D eigenvalue weighted by atomic mass is 79.9. The zero-order valence-electron chi connectivity index (χ0n) is 30.9. The molecule has 1 unspecified atom stereocenters. The molecule has 2 aromatic carbocycles. The summed E-state index contributed by atoms with van der Waals surface area (Å²) >= 11 is 3.36. The topological polar surface area (TPSA) is 117 Å². The highest BCUT2D eigenvalue weighted by Gasteiger charge is 2.31. The van der Waals surface area contributed by atoms with Gasteiger partial charge < -0.3 is 18.9 Å². The van der Waals surface area contributed by atoms with Gasteiger partial charge in [-0.25, -0.2) is 4.98 Å². The van der Waals surface area contributed by atoms with Crippen LogP contribution in [0.5, 0.6) is 11.5 Å². The second-order valence-electron chi connectivity index (χ2n) is 13.8. The fourth-order valence-corrected chi connectivity index (χ4v) is 8.08. The fraction of sp³-hybridized carbons (Fsp3) is 0.310. The van der Waals surface area contributed by atoms with Crippen LogP contribution in [0.3, 0.4) is 0 Å². The monoisotopic (exact) mass is 787 g/mol.